The maximum Gasteiger partial charge on any atom is 0.356 e. The Hall–Kier alpha value is -2.83. The van der Waals surface area contributed by atoms with E-state index in [1.165, 1.54) is 12.4 Å². The molecule has 1 aromatic carbocycles. The monoisotopic (exact) mass is 331 g/mol. The quantitative estimate of drug-likeness (QED) is 0.682. The van der Waals surface area contributed by atoms with Crippen LogP contribution in [0, 0.1) is 0 Å². The number of methoxy groups -OCH3 is 1. The Morgan fingerprint density at radius 3 is 2.71 bits per heavy atom. The summed E-state index contributed by atoms with van der Waals surface area (Å²) in [5, 5.41) is 11.9. The summed E-state index contributed by atoms with van der Waals surface area (Å²) in [6.45, 7) is 3.28. The number of nitrogens with zero attached hydrogens (tertiary/aromatic N) is 2. The van der Waals surface area contributed by atoms with Crippen LogP contribution in [-0.2, 0) is 6.54 Å². The third kappa shape index (κ3) is 4.84. The number of carboxylic acids is 1. The van der Waals surface area contributed by atoms with Gasteiger partial charge in [0.05, 0.1) is 26.1 Å². The molecule has 1 heterocycles. The van der Waals surface area contributed by atoms with Crippen molar-refractivity contribution in [1.29, 1.82) is 0 Å². The number of nitrogens with one attached hydrogen (secondary N) is 1. The number of anilines is 1. The van der Waals surface area contributed by atoms with Crippen molar-refractivity contribution in [2.24, 2.45) is 0 Å². The molecule has 0 saturated heterocycles. The van der Waals surface area contributed by atoms with E-state index in [1.807, 2.05) is 18.2 Å². The number of unbranched alkanes of at least 4 members (excludes halogenated alkanes) is 1. The Balaban J connectivity index is 1.98. The Labute approximate surface area is 140 Å². The molecule has 2 N–H and O–H groups in total. The Kier molecular flexibility index (Phi) is 6.36. The molecule has 0 spiro atoms. The molecule has 7 heteroatoms. The van der Waals surface area contributed by atoms with E-state index >= 15 is 0 Å². The first kappa shape index (κ1) is 17.5. The highest BCUT2D eigenvalue weighted by Gasteiger charge is 2.07. The lowest BCUT2D eigenvalue weighted by atomic mass is 10.2. The topological polar surface area (TPSA) is 93.6 Å². The van der Waals surface area contributed by atoms with E-state index in [0.29, 0.717) is 24.7 Å². The minimum atomic E-state index is -1.10. The third-order valence-electron chi connectivity index (χ3n) is 3.33. The van der Waals surface area contributed by atoms with Crippen LogP contribution in [0.4, 0.5) is 5.82 Å². The van der Waals surface area contributed by atoms with E-state index in [1.54, 1.807) is 7.11 Å². The van der Waals surface area contributed by atoms with Crippen LogP contribution < -0.4 is 14.8 Å². The van der Waals surface area contributed by atoms with Crippen LogP contribution in [0.25, 0.3) is 0 Å². The van der Waals surface area contributed by atoms with Gasteiger partial charge >= 0.3 is 5.97 Å². The van der Waals surface area contributed by atoms with Gasteiger partial charge in [-0.3, -0.25) is 0 Å². The van der Waals surface area contributed by atoms with Crippen LogP contribution in [0.1, 0.15) is 35.8 Å². The van der Waals surface area contributed by atoms with Crippen LogP contribution in [0.5, 0.6) is 11.5 Å². The van der Waals surface area contributed by atoms with Gasteiger partial charge in [-0.2, -0.15) is 0 Å². The fourth-order valence-corrected chi connectivity index (χ4v) is 1.99. The highest BCUT2D eigenvalue weighted by atomic mass is 16.5. The predicted molar refractivity (Wildman–Crippen MR) is 89.7 cm³/mol. The molecule has 2 rings (SSSR count). The van der Waals surface area contributed by atoms with Gasteiger partial charge in [-0.25, -0.2) is 14.8 Å². The first-order valence-electron chi connectivity index (χ1n) is 7.73. The van der Waals surface area contributed by atoms with Crippen molar-refractivity contribution in [2.75, 3.05) is 19.0 Å². The molecule has 2 aromatic rings. The lowest BCUT2D eigenvalue weighted by molar-refractivity contribution is 0.0690. The summed E-state index contributed by atoms with van der Waals surface area (Å²) in [5.41, 5.74) is 0.898. The average molecular weight is 331 g/mol. The van der Waals surface area contributed by atoms with Crippen molar-refractivity contribution in [3.05, 3.63) is 41.9 Å². The summed E-state index contributed by atoms with van der Waals surface area (Å²) in [6, 6.07) is 5.72. The average Bonchev–Trinajstić information content (AvgIpc) is 2.61. The van der Waals surface area contributed by atoms with Crippen LogP contribution in [0.2, 0.25) is 0 Å². The highest BCUT2D eigenvalue weighted by molar-refractivity contribution is 5.84. The lowest BCUT2D eigenvalue weighted by Gasteiger charge is -2.12. The van der Waals surface area contributed by atoms with Gasteiger partial charge in [0, 0.05) is 6.54 Å². The van der Waals surface area contributed by atoms with Gasteiger partial charge in [0.25, 0.3) is 0 Å². The second-order valence-electron chi connectivity index (χ2n) is 5.13. The number of hydrogen-bond acceptors (Lipinski definition) is 6. The zero-order valence-corrected chi connectivity index (χ0v) is 13.8. The third-order valence-corrected chi connectivity index (χ3v) is 3.33. The summed E-state index contributed by atoms with van der Waals surface area (Å²) in [7, 11) is 1.61. The molecule has 128 valence electrons. The number of carbonyl (C=O) groups is 1. The number of rotatable bonds is 9. The second-order valence-corrected chi connectivity index (χ2v) is 5.13. The molecule has 0 fully saturated rings. The number of aromatic carboxylic acids is 1. The lowest BCUT2D eigenvalue weighted by Crippen LogP contribution is -2.06. The first-order chi connectivity index (χ1) is 11.6. The molecule has 1 aromatic heterocycles. The van der Waals surface area contributed by atoms with Crippen molar-refractivity contribution < 1.29 is 19.4 Å². The molecule has 0 aliphatic carbocycles. The van der Waals surface area contributed by atoms with Crippen molar-refractivity contribution in [3.8, 4) is 11.5 Å². The Morgan fingerprint density at radius 2 is 2.08 bits per heavy atom. The summed E-state index contributed by atoms with van der Waals surface area (Å²) < 4.78 is 11.1. The van der Waals surface area contributed by atoms with Crippen molar-refractivity contribution in [1.82, 2.24) is 9.97 Å². The van der Waals surface area contributed by atoms with Crippen molar-refractivity contribution >= 4 is 11.8 Å². The molecule has 0 aliphatic rings. The van der Waals surface area contributed by atoms with E-state index in [9.17, 15) is 4.79 Å². The van der Waals surface area contributed by atoms with E-state index in [-0.39, 0.29) is 5.69 Å². The number of benzene rings is 1. The van der Waals surface area contributed by atoms with Gasteiger partial charge in [-0.05, 0) is 24.1 Å². The van der Waals surface area contributed by atoms with E-state index in [4.69, 9.17) is 14.6 Å². The number of hydrogen-bond donors (Lipinski definition) is 2. The zero-order chi connectivity index (χ0) is 17.4. The Morgan fingerprint density at radius 1 is 1.25 bits per heavy atom. The van der Waals surface area contributed by atoms with Gasteiger partial charge in [0.1, 0.15) is 5.82 Å². The molecule has 0 radical (unpaired) electrons. The van der Waals surface area contributed by atoms with Gasteiger partial charge in [-0.1, -0.05) is 19.4 Å². The van der Waals surface area contributed by atoms with Gasteiger partial charge in [0.15, 0.2) is 17.2 Å². The standard InChI is InChI=1S/C17H21N3O4/c1-3-4-7-24-14-6-5-12(8-15(14)23-2)9-19-16-11-18-13(10-20-16)17(21)22/h5-6,8,10-11H,3-4,7,9H2,1-2H3,(H,19,20)(H,21,22). The summed E-state index contributed by atoms with van der Waals surface area (Å²) in [6.07, 6.45) is 4.68. The second kappa shape index (κ2) is 8.71. The predicted octanol–water partition coefficient (Wildman–Crippen LogP) is 2.97. The largest absolute Gasteiger partial charge is 0.493 e. The molecule has 0 bridgehead atoms. The maximum absolute atomic E-state index is 10.7. The zero-order valence-electron chi connectivity index (χ0n) is 13.8. The molecule has 7 nitrogen and oxygen atoms in total. The minimum Gasteiger partial charge on any atom is -0.493 e. The molecule has 0 atom stereocenters. The normalized spacial score (nSPS) is 10.2. The van der Waals surface area contributed by atoms with E-state index in [2.05, 4.69) is 22.2 Å². The molecule has 24 heavy (non-hydrogen) atoms. The Bertz CT molecular complexity index is 674. The number of carboxylic acid groups (broad SMARTS) is 1. The number of aromatic nitrogens is 2. The van der Waals surface area contributed by atoms with E-state index < -0.39 is 5.97 Å². The SMILES string of the molecule is CCCCOc1ccc(CNc2cnc(C(=O)O)cn2)cc1OC. The smallest absolute Gasteiger partial charge is 0.356 e. The molecule has 0 aliphatic heterocycles. The van der Waals surface area contributed by atoms with Gasteiger partial charge < -0.3 is 19.9 Å². The molecular weight excluding hydrogens is 310 g/mol. The fourth-order valence-electron chi connectivity index (χ4n) is 1.99. The summed E-state index contributed by atoms with van der Waals surface area (Å²) in [4.78, 5) is 18.6. The minimum absolute atomic E-state index is 0.0872. The van der Waals surface area contributed by atoms with Crippen LogP contribution in [0.3, 0.4) is 0 Å². The fraction of sp³-hybridized carbons (Fsp3) is 0.353. The summed E-state index contributed by atoms with van der Waals surface area (Å²) in [5.74, 6) is 0.803. The summed E-state index contributed by atoms with van der Waals surface area (Å²) >= 11 is 0. The van der Waals surface area contributed by atoms with Crippen LogP contribution in [0.15, 0.2) is 30.6 Å². The highest BCUT2D eigenvalue weighted by Crippen LogP contribution is 2.28. The first-order valence-corrected chi connectivity index (χ1v) is 7.73. The van der Waals surface area contributed by atoms with Gasteiger partial charge in [0.2, 0.25) is 0 Å². The molecule has 0 amide bonds. The molecule has 0 saturated carbocycles. The van der Waals surface area contributed by atoms with Crippen LogP contribution in [-0.4, -0.2) is 34.8 Å². The van der Waals surface area contributed by atoms with Gasteiger partial charge in [-0.15, -0.1) is 0 Å². The van der Waals surface area contributed by atoms with Crippen molar-refractivity contribution in [2.45, 2.75) is 26.3 Å². The van der Waals surface area contributed by atoms with Crippen LogP contribution >= 0.6 is 0 Å². The van der Waals surface area contributed by atoms with Crippen molar-refractivity contribution in [3.63, 3.8) is 0 Å². The molecule has 0 unspecified atom stereocenters. The number of ether oxygens (including phenoxy) is 2. The molecular formula is C17H21N3O4. The van der Waals surface area contributed by atoms with E-state index in [0.717, 1.165) is 24.2 Å². The maximum atomic E-state index is 10.7.